The number of aliphatic imine (C=N–C) groups is 1. The van der Waals surface area contributed by atoms with Crippen LogP contribution in [-0.2, 0) is 13.1 Å². The summed E-state index contributed by atoms with van der Waals surface area (Å²) in [6, 6.07) is 15.4. The fourth-order valence-corrected chi connectivity index (χ4v) is 2.44. The van der Waals surface area contributed by atoms with E-state index in [4.69, 9.17) is 4.74 Å². The predicted molar refractivity (Wildman–Crippen MR) is 104 cm³/mol. The molecule has 0 saturated heterocycles. The van der Waals surface area contributed by atoms with E-state index in [9.17, 15) is 4.79 Å². The van der Waals surface area contributed by atoms with E-state index in [1.807, 2.05) is 49.4 Å². The Kier molecular flexibility index (Phi) is 7.49. The molecule has 0 bridgehead atoms. The summed E-state index contributed by atoms with van der Waals surface area (Å²) < 4.78 is 5.25. The molecule has 0 spiro atoms. The molecule has 0 saturated carbocycles. The normalized spacial score (nSPS) is 11.0. The van der Waals surface area contributed by atoms with Crippen molar-refractivity contribution in [1.82, 2.24) is 16.0 Å². The monoisotopic (exact) mass is 354 g/mol. The summed E-state index contributed by atoms with van der Waals surface area (Å²) in [7, 11) is 3.28. The maximum absolute atomic E-state index is 11.7. The van der Waals surface area contributed by atoms with Gasteiger partial charge in [-0.2, -0.15) is 0 Å². The number of methoxy groups -OCH3 is 1. The standard InChI is InChI=1S/C20H26N4O2/c1-4-22-20(24-14-16-8-6-10-18(12-16)26-3)23-13-15-7-5-9-17(11-15)19(25)21-2/h5-12H,4,13-14H2,1-3H3,(H,21,25)(H2,22,23,24). The SMILES string of the molecule is CCNC(=NCc1cccc(C(=O)NC)c1)NCc1cccc(OC)c1. The number of hydrogen-bond acceptors (Lipinski definition) is 3. The highest BCUT2D eigenvalue weighted by Gasteiger charge is 2.04. The second-order valence-electron chi connectivity index (χ2n) is 5.68. The van der Waals surface area contributed by atoms with Crippen molar-refractivity contribution in [2.75, 3.05) is 20.7 Å². The van der Waals surface area contributed by atoms with Crippen LogP contribution in [-0.4, -0.2) is 32.6 Å². The molecule has 0 fully saturated rings. The molecule has 0 aliphatic heterocycles. The number of carbonyl (C=O) groups excluding carboxylic acids is 1. The predicted octanol–water partition coefficient (Wildman–Crippen LogP) is 2.31. The van der Waals surface area contributed by atoms with Crippen molar-refractivity contribution >= 4 is 11.9 Å². The van der Waals surface area contributed by atoms with Gasteiger partial charge >= 0.3 is 0 Å². The van der Waals surface area contributed by atoms with Crippen molar-refractivity contribution in [2.45, 2.75) is 20.0 Å². The van der Waals surface area contributed by atoms with Gasteiger partial charge in [-0.05, 0) is 42.3 Å². The molecule has 6 nitrogen and oxygen atoms in total. The van der Waals surface area contributed by atoms with Crippen molar-refractivity contribution < 1.29 is 9.53 Å². The average Bonchev–Trinajstić information content (AvgIpc) is 2.69. The third-order valence-electron chi connectivity index (χ3n) is 3.77. The van der Waals surface area contributed by atoms with Crippen LogP contribution in [0.4, 0.5) is 0 Å². The second kappa shape index (κ2) is 10.1. The van der Waals surface area contributed by atoms with Crippen LogP contribution in [0.3, 0.4) is 0 Å². The Bertz CT molecular complexity index is 759. The Morgan fingerprint density at radius 1 is 1.08 bits per heavy atom. The topological polar surface area (TPSA) is 74.8 Å². The number of carbonyl (C=O) groups is 1. The van der Waals surface area contributed by atoms with Gasteiger partial charge in [0.15, 0.2) is 5.96 Å². The molecule has 6 heteroatoms. The van der Waals surface area contributed by atoms with Crippen LogP contribution in [0.2, 0.25) is 0 Å². The van der Waals surface area contributed by atoms with Gasteiger partial charge in [-0.1, -0.05) is 24.3 Å². The first-order valence-electron chi connectivity index (χ1n) is 8.62. The Morgan fingerprint density at radius 2 is 1.85 bits per heavy atom. The van der Waals surface area contributed by atoms with Gasteiger partial charge in [0, 0.05) is 25.7 Å². The molecule has 0 radical (unpaired) electrons. The minimum atomic E-state index is -0.0983. The number of hydrogen-bond donors (Lipinski definition) is 3. The van der Waals surface area contributed by atoms with Gasteiger partial charge in [0.1, 0.15) is 5.75 Å². The first kappa shape index (κ1) is 19.3. The van der Waals surface area contributed by atoms with Gasteiger partial charge in [-0.25, -0.2) is 4.99 Å². The van der Waals surface area contributed by atoms with E-state index in [0.717, 1.165) is 29.4 Å². The summed E-state index contributed by atoms with van der Waals surface area (Å²) in [5, 5.41) is 9.17. The molecule has 0 heterocycles. The lowest BCUT2D eigenvalue weighted by molar-refractivity contribution is 0.0963. The van der Waals surface area contributed by atoms with Crippen LogP contribution in [0.5, 0.6) is 5.75 Å². The maximum Gasteiger partial charge on any atom is 0.251 e. The molecule has 1 amide bonds. The van der Waals surface area contributed by atoms with Crippen LogP contribution in [0.15, 0.2) is 53.5 Å². The van der Waals surface area contributed by atoms with E-state index < -0.39 is 0 Å². The minimum Gasteiger partial charge on any atom is -0.497 e. The molecule has 2 aromatic carbocycles. The summed E-state index contributed by atoms with van der Waals surface area (Å²) in [4.78, 5) is 16.3. The van der Waals surface area contributed by atoms with Gasteiger partial charge in [-0.15, -0.1) is 0 Å². The first-order chi connectivity index (χ1) is 12.7. The summed E-state index contributed by atoms with van der Waals surface area (Å²) in [5.74, 6) is 1.46. The van der Waals surface area contributed by atoms with Crippen molar-refractivity contribution in [2.24, 2.45) is 4.99 Å². The Balaban J connectivity index is 2.03. The zero-order valence-corrected chi connectivity index (χ0v) is 15.5. The fourth-order valence-electron chi connectivity index (χ4n) is 2.44. The lowest BCUT2D eigenvalue weighted by Crippen LogP contribution is -2.36. The van der Waals surface area contributed by atoms with Gasteiger partial charge < -0.3 is 20.7 Å². The van der Waals surface area contributed by atoms with E-state index in [1.54, 1.807) is 20.2 Å². The molecular weight excluding hydrogens is 328 g/mol. The number of nitrogens with one attached hydrogen (secondary N) is 3. The summed E-state index contributed by atoms with van der Waals surface area (Å²) in [6.07, 6.45) is 0. The highest BCUT2D eigenvalue weighted by atomic mass is 16.5. The first-order valence-corrected chi connectivity index (χ1v) is 8.62. The number of ether oxygens (including phenoxy) is 1. The molecule has 0 atom stereocenters. The molecule has 138 valence electrons. The van der Waals surface area contributed by atoms with Gasteiger partial charge in [0.2, 0.25) is 0 Å². The number of benzene rings is 2. The van der Waals surface area contributed by atoms with Crippen LogP contribution >= 0.6 is 0 Å². The zero-order valence-electron chi connectivity index (χ0n) is 15.5. The van der Waals surface area contributed by atoms with E-state index >= 15 is 0 Å². The third-order valence-corrected chi connectivity index (χ3v) is 3.77. The average molecular weight is 354 g/mol. The summed E-state index contributed by atoms with van der Waals surface area (Å²) in [5.41, 5.74) is 2.72. The Labute approximate surface area is 154 Å². The molecule has 2 rings (SSSR count). The van der Waals surface area contributed by atoms with E-state index in [1.165, 1.54) is 0 Å². The summed E-state index contributed by atoms with van der Waals surface area (Å²) in [6.45, 7) is 3.91. The maximum atomic E-state index is 11.7. The highest BCUT2D eigenvalue weighted by Crippen LogP contribution is 2.12. The number of rotatable bonds is 7. The van der Waals surface area contributed by atoms with E-state index in [-0.39, 0.29) is 5.91 Å². The molecule has 2 aromatic rings. The van der Waals surface area contributed by atoms with Crippen LogP contribution in [0.1, 0.15) is 28.4 Å². The Morgan fingerprint density at radius 3 is 2.58 bits per heavy atom. The van der Waals surface area contributed by atoms with Crippen molar-refractivity contribution in [3.8, 4) is 5.75 Å². The van der Waals surface area contributed by atoms with Gasteiger partial charge in [-0.3, -0.25) is 4.79 Å². The molecule has 0 aromatic heterocycles. The van der Waals surface area contributed by atoms with Crippen LogP contribution in [0, 0.1) is 0 Å². The molecular formula is C20H26N4O2. The minimum absolute atomic E-state index is 0.0983. The van der Waals surface area contributed by atoms with Gasteiger partial charge in [0.25, 0.3) is 5.91 Å². The van der Waals surface area contributed by atoms with Crippen molar-refractivity contribution in [1.29, 1.82) is 0 Å². The number of nitrogens with zero attached hydrogens (tertiary/aromatic N) is 1. The van der Waals surface area contributed by atoms with Crippen LogP contribution < -0.4 is 20.7 Å². The number of amides is 1. The molecule has 3 N–H and O–H groups in total. The van der Waals surface area contributed by atoms with E-state index in [0.29, 0.717) is 18.7 Å². The second-order valence-corrected chi connectivity index (χ2v) is 5.68. The Hall–Kier alpha value is -3.02. The van der Waals surface area contributed by atoms with Crippen LogP contribution in [0.25, 0.3) is 0 Å². The molecule has 26 heavy (non-hydrogen) atoms. The lowest BCUT2D eigenvalue weighted by Gasteiger charge is -2.12. The van der Waals surface area contributed by atoms with Crippen molar-refractivity contribution in [3.63, 3.8) is 0 Å². The fraction of sp³-hybridized carbons (Fsp3) is 0.300. The largest absolute Gasteiger partial charge is 0.497 e. The van der Waals surface area contributed by atoms with Gasteiger partial charge in [0.05, 0.1) is 13.7 Å². The van der Waals surface area contributed by atoms with E-state index in [2.05, 4.69) is 20.9 Å². The summed E-state index contributed by atoms with van der Waals surface area (Å²) >= 11 is 0. The number of guanidine groups is 1. The smallest absolute Gasteiger partial charge is 0.251 e. The highest BCUT2D eigenvalue weighted by molar-refractivity contribution is 5.94. The van der Waals surface area contributed by atoms with Crippen molar-refractivity contribution in [3.05, 3.63) is 65.2 Å². The molecule has 0 aliphatic rings. The third kappa shape index (κ3) is 5.81. The lowest BCUT2D eigenvalue weighted by atomic mass is 10.1. The quantitative estimate of drug-likeness (QED) is 0.527. The molecule has 0 aliphatic carbocycles. The molecule has 0 unspecified atom stereocenters. The zero-order chi connectivity index (χ0) is 18.8.